The third-order valence-electron chi connectivity index (χ3n) is 3.92. The lowest BCUT2D eigenvalue weighted by atomic mass is 10.0. The van der Waals surface area contributed by atoms with Gasteiger partial charge in [0.25, 0.3) is 0 Å². The second kappa shape index (κ2) is 9.14. The average Bonchev–Trinajstić information content (AvgIpc) is 2.74. The molecule has 2 aromatic carbocycles. The molecule has 0 saturated heterocycles. The third-order valence-corrected chi connectivity index (χ3v) is 3.92. The van der Waals surface area contributed by atoms with Gasteiger partial charge >= 0.3 is 18.8 Å². The van der Waals surface area contributed by atoms with Crippen molar-refractivity contribution in [2.24, 2.45) is 0 Å². The predicted molar refractivity (Wildman–Crippen MR) is 107 cm³/mol. The SMILES string of the molecule is F[B-](F)(F)F.c1ccc(-c2cc(-c3ccccc3)[o+]c(-c3ccncc3)c2)cc1. The number of pyridine rings is 1. The Kier molecular flexibility index (Phi) is 6.39. The highest BCUT2D eigenvalue weighted by molar-refractivity contribution is 6.50. The molecule has 7 heteroatoms. The molecule has 146 valence electrons. The molecule has 0 aliphatic heterocycles. The van der Waals surface area contributed by atoms with Gasteiger partial charge in [-0.1, -0.05) is 48.5 Å². The minimum Gasteiger partial charge on any atom is -0.418 e. The maximum Gasteiger partial charge on any atom is 0.673 e. The summed E-state index contributed by atoms with van der Waals surface area (Å²) in [5.74, 6) is 1.68. The summed E-state index contributed by atoms with van der Waals surface area (Å²) in [6, 6.07) is 28.6. The Bertz CT molecular complexity index is 897. The molecule has 0 aliphatic rings. The lowest BCUT2D eigenvalue weighted by Crippen LogP contribution is -2.02. The molecule has 4 aromatic rings. The molecule has 0 bridgehead atoms. The van der Waals surface area contributed by atoms with E-state index >= 15 is 0 Å². The lowest BCUT2D eigenvalue weighted by molar-refractivity contribution is 0.368. The van der Waals surface area contributed by atoms with Gasteiger partial charge in [-0.2, -0.15) is 0 Å². The number of hydrogen-bond acceptors (Lipinski definition) is 1. The zero-order chi connectivity index (χ0) is 20.7. The van der Waals surface area contributed by atoms with Crippen LogP contribution in [0.15, 0.2) is 102 Å². The van der Waals surface area contributed by atoms with Crippen LogP contribution in [-0.4, -0.2) is 12.2 Å². The summed E-state index contributed by atoms with van der Waals surface area (Å²) in [7, 11) is -6.00. The predicted octanol–water partition coefficient (Wildman–Crippen LogP) is 7.26. The van der Waals surface area contributed by atoms with E-state index < -0.39 is 7.25 Å². The number of aromatic nitrogens is 1. The Hall–Kier alpha value is -3.48. The molecule has 0 aliphatic carbocycles. The largest absolute Gasteiger partial charge is 0.673 e. The Morgan fingerprint density at radius 3 is 1.45 bits per heavy atom. The molecule has 2 nitrogen and oxygen atoms in total. The topological polar surface area (TPSA) is 24.2 Å². The molecule has 2 heterocycles. The van der Waals surface area contributed by atoms with E-state index in [1.165, 1.54) is 5.56 Å². The molecule has 0 amide bonds. The van der Waals surface area contributed by atoms with Crippen LogP contribution in [0.5, 0.6) is 0 Å². The standard InChI is InChI=1S/C22H16NO.BF4/c1-3-7-17(8-4-1)20-15-21(18-9-5-2-6-10-18)24-22(16-20)19-11-13-23-14-12-19;2-1(3,4)5/h1-16H;/q+1;-1. The molecular formula is C22H16BF4NO. The van der Waals surface area contributed by atoms with E-state index in [1.807, 2.05) is 48.5 Å². The van der Waals surface area contributed by atoms with Gasteiger partial charge in [0, 0.05) is 18.0 Å². The summed E-state index contributed by atoms with van der Waals surface area (Å²) in [6.45, 7) is 0. The van der Waals surface area contributed by atoms with E-state index in [2.05, 4.69) is 41.4 Å². The fraction of sp³-hybridized carbons (Fsp3) is 0. The van der Waals surface area contributed by atoms with Gasteiger partial charge in [0.15, 0.2) is 0 Å². The normalized spacial score (nSPS) is 10.8. The highest BCUT2D eigenvalue weighted by Crippen LogP contribution is 2.32. The van der Waals surface area contributed by atoms with Crippen molar-refractivity contribution in [1.82, 2.24) is 4.98 Å². The molecule has 0 spiro atoms. The van der Waals surface area contributed by atoms with Crippen LogP contribution in [0, 0.1) is 0 Å². The summed E-state index contributed by atoms with van der Waals surface area (Å²) in [6.07, 6.45) is 3.56. The van der Waals surface area contributed by atoms with Crippen LogP contribution >= 0.6 is 0 Å². The van der Waals surface area contributed by atoms with Gasteiger partial charge in [-0.05, 0) is 29.8 Å². The van der Waals surface area contributed by atoms with E-state index in [1.54, 1.807) is 12.4 Å². The van der Waals surface area contributed by atoms with Crippen LogP contribution in [0.1, 0.15) is 0 Å². The van der Waals surface area contributed by atoms with Gasteiger partial charge in [0.05, 0.1) is 23.3 Å². The Balaban J connectivity index is 0.000000431. The minimum atomic E-state index is -6.00. The fourth-order valence-electron chi connectivity index (χ4n) is 2.70. The van der Waals surface area contributed by atoms with E-state index in [0.29, 0.717) is 0 Å². The first-order valence-corrected chi connectivity index (χ1v) is 8.77. The van der Waals surface area contributed by atoms with Gasteiger partial charge in [0.1, 0.15) is 0 Å². The van der Waals surface area contributed by atoms with Gasteiger partial charge in [0.2, 0.25) is 0 Å². The summed E-state index contributed by atoms with van der Waals surface area (Å²) >= 11 is 0. The summed E-state index contributed by atoms with van der Waals surface area (Å²) in [5.41, 5.74) is 4.37. The van der Waals surface area contributed by atoms with Crippen molar-refractivity contribution in [3.05, 3.63) is 97.3 Å². The van der Waals surface area contributed by atoms with E-state index in [4.69, 9.17) is 4.42 Å². The van der Waals surface area contributed by atoms with Crippen molar-refractivity contribution in [2.75, 3.05) is 0 Å². The molecule has 0 N–H and O–H groups in total. The zero-order valence-corrected chi connectivity index (χ0v) is 15.2. The second-order valence-electron chi connectivity index (χ2n) is 6.04. The highest BCUT2D eigenvalue weighted by Gasteiger charge is 2.21. The van der Waals surface area contributed by atoms with Gasteiger partial charge < -0.3 is 17.3 Å². The van der Waals surface area contributed by atoms with E-state index in [0.717, 1.165) is 28.2 Å². The summed E-state index contributed by atoms with van der Waals surface area (Å²) in [5, 5.41) is 0. The van der Waals surface area contributed by atoms with Crippen LogP contribution in [0.25, 0.3) is 33.8 Å². The first-order valence-electron chi connectivity index (χ1n) is 8.77. The lowest BCUT2D eigenvalue weighted by Gasteiger charge is -2.02. The number of hydrogen-bond donors (Lipinski definition) is 0. The van der Waals surface area contributed by atoms with Crippen molar-refractivity contribution >= 4 is 7.25 Å². The molecule has 0 unspecified atom stereocenters. The molecule has 0 radical (unpaired) electrons. The summed E-state index contributed by atoms with van der Waals surface area (Å²) < 4.78 is 45.2. The quantitative estimate of drug-likeness (QED) is 0.206. The molecule has 0 fully saturated rings. The van der Waals surface area contributed by atoms with Crippen molar-refractivity contribution in [2.45, 2.75) is 0 Å². The van der Waals surface area contributed by atoms with Crippen LogP contribution in [0.3, 0.4) is 0 Å². The van der Waals surface area contributed by atoms with Crippen molar-refractivity contribution < 1.29 is 21.7 Å². The molecule has 0 atom stereocenters. The van der Waals surface area contributed by atoms with Crippen LogP contribution in [0.4, 0.5) is 17.3 Å². The molecular weight excluding hydrogens is 381 g/mol. The molecule has 29 heavy (non-hydrogen) atoms. The van der Waals surface area contributed by atoms with Crippen LogP contribution < -0.4 is 0 Å². The van der Waals surface area contributed by atoms with Crippen LogP contribution in [-0.2, 0) is 0 Å². The van der Waals surface area contributed by atoms with Crippen LogP contribution in [0.2, 0.25) is 0 Å². The third kappa shape index (κ3) is 6.28. The first-order chi connectivity index (χ1) is 13.9. The van der Waals surface area contributed by atoms with Gasteiger partial charge in [-0.3, -0.25) is 4.98 Å². The fourth-order valence-corrected chi connectivity index (χ4v) is 2.70. The van der Waals surface area contributed by atoms with Gasteiger partial charge in [-0.15, -0.1) is 0 Å². The van der Waals surface area contributed by atoms with E-state index in [-0.39, 0.29) is 0 Å². The van der Waals surface area contributed by atoms with Crippen molar-refractivity contribution in [3.63, 3.8) is 0 Å². The monoisotopic (exact) mass is 397 g/mol. The maximum absolute atomic E-state index is 9.75. The minimum absolute atomic E-state index is 0.831. The smallest absolute Gasteiger partial charge is 0.418 e. The first kappa shape index (κ1) is 20.3. The number of benzene rings is 2. The number of nitrogens with zero attached hydrogens (tertiary/aromatic N) is 1. The molecule has 0 saturated carbocycles. The number of halogens is 4. The average molecular weight is 397 g/mol. The summed E-state index contributed by atoms with van der Waals surface area (Å²) in [4.78, 5) is 4.09. The Morgan fingerprint density at radius 1 is 0.552 bits per heavy atom. The Morgan fingerprint density at radius 2 is 0.966 bits per heavy atom. The number of rotatable bonds is 3. The van der Waals surface area contributed by atoms with Crippen molar-refractivity contribution in [3.8, 4) is 33.8 Å². The maximum atomic E-state index is 9.75. The second-order valence-corrected chi connectivity index (χ2v) is 6.04. The highest BCUT2D eigenvalue weighted by atomic mass is 19.5. The van der Waals surface area contributed by atoms with Crippen molar-refractivity contribution in [1.29, 1.82) is 0 Å². The molecule has 4 rings (SSSR count). The van der Waals surface area contributed by atoms with Gasteiger partial charge in [-0.25, -0.2) is 4.42 Å². The zero-order valence-electron chi connectivity index (χ0n) is 15.2. The molecule has 2 aromatic heterocycles. The van der Waals surface area contributed by atoms with E-state index in [9.17, 15) is 17.3 Å². The Labute approximate surface area is 165 Å².